The molecule has 2 aromatic heterocycles. The van der Waals surface area contributed by atoms with Crippen molar-refractivity contribution >= 4 is 17.2 Å². The van der Waals surface area contributed by atoms with E-state index in [0.717, 1.165) is 35.5 Å². The van der Waals surface area contributed by atoms with Crippen LogP contribution in [0.5, 0.6) is 17.4 Å². The molecule has 0 saturated heterocycles. The molecule has 1 amide bonds. The monoisotopic (exact) mass is 409 g/mol. The molecule has 0 fully saturated rings. The van der Waals surface area contributed by atoms with Crippen molar-refractivity contribution in [2.24, 2.45) is 0 Å². The van der Waals surface area contributed by atoms with E-state index in [2.05, 4.69) is 10.3 Å². The molecular weight excluding hydrogens is 386 g/mol. The number of nitrogens with zero attached hydrogens (tertiary/aromatic N) is 2. The molecule has 1 aliphatic heterocycles. The van der Waals surface area contributed by atoms with E-state index in [4.69, 9.17) is 14.5 Å². The Balaban J connectivity index is 1.64. The fourth-order valence-electron chi connectivity index (χ4n) is 3.08. The molecular formula is C22H23N3O3S. The maximum atomic E-state index is 12.0. The number of aromatic nitrogens is 2. The van der Waals surface area contributed by atoms with Gasteiger partial charge >= 0.3 is 0 Å². The van der Waals surface area contributed by atoms with Gasteiger partial charge in [0.2, 0.25) is 11.8 Å². The first kappa shape index (κ1) is 19.4. The molecule has 0 saturated carbocycles. The lowest BCUT2D eigenvalue weighted by Gasteiger charge is -2.13. The van der Waals surface area contributed by atoms with E-state index in [9.17, 15) is 4.79 Å². The summed E-state index contributed by atoms with van der Waals surface area (Å²) in [6, 6.07) is 11.4. The third kappa shape index (κ3) is 5.12. The van der Waals surface area contributed by atoms with Crippen LogP contribution in [0, 0.1) is 0 Å². The van der Waals surface area contributed by atoms with Gasteiger partial charge < -0.3 is 14.8 Å². The number of carbonyl (C=O) groups is 1. The maximum Gasteiger partial charge on any atom is 0.229 e. The van der Waals surface area contributed by atoms with Crippen molar-refractivity contribution < 1.29 is 14.3 Å². The Morgan fingerprint density at radius 2 is 1.90 bits per heavy atom. The molecule has 0 aliphatic carbocycles. The number of pyridine rings is 1. The van der Waals surface area contributed by atoms with Crippen LogP contribution < -0.4 is 14.8 Å². The van der Waals surface area contributed by atoms with Crippen LogP contribution in [-0.4, -0.2) is 29.0 Å². The van der Waals surface area contributed by atoms with Gasteiger partial charge in [0.15, 0.2) is 11.5 Å². The molecule has 29 heavy (non-hydrogen) atoms. The maximum absolute atomic E-state index is 12.0. The molecule has 3 heterocycles. The van der Waals surface area contributed by atoms with Crippen LogP contribution in [-0.2, 0) is 11.2 Å². The lowest BCUT2D eigenvalue weighted by atomic mass is 10.2. The fraction of sp³-hybridized carbons (Fsp3) is 0.318. The number of nitrogens with one attached hydrogen (secondary N) is 1. The SMILES string of the molecule is O=C1CCc2csc(n2)-c2cccnc2Oc2ccccc2OCCCCCN1. The zero-order valence-electron chi connectivity index (χ0n) is 16.1. The molecule has 3 aromatic rings. The molecule has 0 radical (unpaired) electrons. The second-order valence-corrected chi connectivity index (χ2v) is 7.67. The van der Waals surface area contributed by atoms with E-state index in [1.54, 1.807) is 6.20 Å². The molecule has 4 rings (SSSR count). The highest BCUT2D eigenvalue weighted by Crippen LogP contribution is 2.36. The first-order valence-electron chi connectivity index (χ1n) is 9.86. The van der Waals surface area contributed by atoms with Gasteiger partial charge in [-0.1, -0.05) is 12.1 Å². The number of fused-ring (bicyclic) bond motifs is 5. The van der Waals surface area contributed by atoms with Gasteiger partial charge in [-0.05, 0) is 49.9 Å². The van der Waals surface area contributed by atoms with E-state index >= 15 is 0 Å². The summed E-state index contributed by atoms with van der Waals surface area (Å²) in [6.07, 6.45) is 5.60. The predicted octanol–water partition coefficient (Wildman–Crippen LogP) is 4.61. The number of benzene rings is 1. The molecule has 2 bridgehead atoms. The summed E-state index contributed by atoms with van der Waals surface area (Å²) in [4.78, 5) is 21.1. The topological polar surface area (TPSA) is 73.3 Å². The van der Waals surface area contributed by atoms with Gasteiger partial charge in [-0.25, -0.2) is 9.97 Å². The van der Waals surface area contributed by atoms with Gasteiger partial charge in [-0.15, -0.1) is 11.3 Å². The number of amides is 1. The summed E-state index contributed by atoms with van der Waals surface area (Å²) >= 11 is 1.53. The molecule has 1 N–H and O–H groups in total. The Labute approximate surface area is 173 Å². The van der Waals surface area contributed by atoms with Crippen LogP contribution in [0.1, 0.15) is 31.4 Å². The summed E-state index contributed by atoms with van der Waals surface area (Å²) in [6.45, 7) is 1.29. The van der Waals surface area contributed by atoms with Gasteiger partial charge in [0.1, 0.15) is 5.01 Å². The molecule has 150 valence electrons. The van der Waals surface area contributed by atoms with Crippen molar-refractivity contribution in [2.45, 2.75) is 32.1 Å². The van der Waals surface area contributed by atoms with Crippen LogP contribution in [0.3, 0.4) is 0 Å². The number of rotatable bonds is 0. The highest BCUT2D eigenvalue weighted by Gasteiger charge is 2.15. The van der Waals surface area contributed by atoms with Gasteiger partial charge in [-0.3, -0.25) is 4.79 Å². The minimum Gasteiger partial charge on any atom is -0.490 e. The highest BCUT2D eigenvalue weighted by atomic mass is 32.1. The summed E-state index contributed by atoms with van der Waals surface area (Å²) in [5, 5.41) is 5.80. The van der Waals surface area contributed by atoms with Crippen LogP contribution in [0.25, 0.3) is 10.6 Å². The van der Waals surface area contributed by atoms with E-state index < -0.39 is 0 Å². The Morgan fingerprint density at radius 1 is 1.00 bits per heavy atom. The Kier molecular flexibility index (Phi) is 6.36. The Morgan fingerprint density at radius 3 is 2.83 bits per heavy atom. The van der Waals surface area contributed by atoms with Gasteiger partial charge in [-0.2, -0.15) is 0 Å². The van der Waals surface area contributed by atoms with Crippen LogP contribution in [0.15, 0.2) is 48.0 Å². The van der Waals surface area contributed by atoms with Crippen molar-refractivity contribution in [2.75, 3.05) is 13.2 Å². The molecule has 1 aliphatic rings. The number of carbonyl (C=O) groups excluding carboxylic acids is 1. The van der Waals surface area contributed by atoms with Crippen LogP contribution in [0.2, 0.25) is 0 Å². The number of ether oxygens (including phenoxy) is 2. The quantitative estimate of drug-likeness (QED) is 0.587. The van der Waals surface area contributed by atoms with Crippen LogP contribution in [0.4, 0.5) is 0 Å². The van der Waals surface area contributed by atoms with E-state index in [1.165, 1.54) is 11.3 Å². The van der Waals surface area contributed by atoms with Crippen molar-refractivity contribution in [3.05, 3.63) is 53.7 Å². The summed E-state index contributed by atoms with van der Waals surface area (Å²) < 4.78 is 12.1. The molecule has 0 atom stereocenters. The molecule has 6 nitrogen and oxygen atoms in total. The molecule has 7 heteroatoms. The van der Waals surface area contributed by atoms with E-state index in [1.807, 2.05) is 41.8 Å². The fourth-order valence-corrected chi connectivity index (χ4v) is 3.95. The summed E-state index contributed by atoms with van der Waals surface area (Å²) in [5.41, 5.74) is 1.73. The van der Waals surface area contributed by atoms with Gasteiger partial charge in [0.05, 0.1) is 17.9 Å². The normalized spacial score (nSPS) is 15.5. The minimum atomic E-state index is 0.0660. The Bertz CT molecular complexity index is 973. The average Bonchev–Trinajstić information content (AvgIpc) is 3.21. The number of thiazole rings is 1. The second-order valence-electron chi connectivity index (χ2n) is 6.81. The van der Waals surface area contributed by atoms with Gasteiger partial charge in [0, 0.05) is 24.5 Å². The third-order valence-corrected chi connectivity index (χ3v) is 5.54. The molecule has 1 aromatic carbocycles. The first-order chi connectivity index (χ1) is 14.3. The van der Waals surface area contributed by atoms with Gasteiger partial charge in [0.25, 0.3) is 0 Å². The standard InChI is InChI=1S/C22H23N3O3S/c26-20-11-10-16-15-29-22(25-16)17-7-6-13-24-21(17)28-19-9-3-2-8-18(19)27-14-5-1-4-12-23-20/h2-3,6-9,13,15H,1,4-5,10-12,14H2,(H,23,26). The van der Waals surface area contributed by atoms with Crippen molar-refractivity contribution in [3.8, 4) is 28.0 Å². The summed E-state index contributed by atoms with van der Waals surface area (Å²) in [5.74, 6) is 1.88. The minimum absolute atomic E-state index is 0.0660. The average molecular weight is 410 g/mol. The number of hydrogen-bond donors (Lipinski definition) is 1. The smallest absolute Gasteiger partial charge is 0.229 e. The zero-order chi connectivity index (χ0) is 19.9. The lowest BCUT2D eigenvalue weighted by Crippen LogP contribution is -2.24. The van der Waals surface area contributed by atoms with E-state index in [-0.39, 0.29) is 5.91 Å². The van der Waals surface area contributed by atoms with Crippen molar-refractivity contribution in [1.82, 2.24) is 15.3 Å². The summed E-state index contributed by atoms with van der Waals surface area (Å²) in [7, 11) is 0. The largest absolute Gasteiger partial charge is 0.490 e. The molecule has 0 spiro atoms. The van der Waals surface area contributed by atoms with Crippen molar-refractivity contribution in [1.29, 1.82) is 0 Å². The number of hydrogen-bond acceptors (Lipinski definition) is 6. The second kappa shape index (κ2) is 9.52. The third-order valence-electron chi connectivity index (χ3n) is 4.62. The lowest BCUT2D eigenvalue weighted by molar-refractivity contribution is -0.121. The predicted molar refractivity (Wildman–Crippen MR) is 113 cm³/mol. The van der Waals surface area contributed by atoms with E-state index in [0.29, 0.717) is 43.4 Å². The first-order valence-corrected chi connectivity index (χ1v) is 10.7. The zero-order valence-corrected chi connectivity index (χ0v) is 16.9. The highest BCUT2D eigenvalue weighted by molar-refractivity contribution is 7.13. The Hall–Kier alpha value is -2.93. The number of para-hydroxylation sites is 2. The number of aryl methyl sites for hydroxylation is 1. The molecule has 0 unspecified atom stereocenters. The van der Waals surface area contributed by atoms with Crippen LogP contribution >= 0.6 is 11.3 Å². The van der Waals surface area contributed by atoms with Crippen molar-refractivity contribution in [3.63, 3.8) is 0 Å².